The number of hydrogen-bond donors (Lipinski definition) is 1. The van der Waals surface area contributed by atoms with E-state index >= 15 is 0 Å². The summed E-state index contributed by atoms with van der Waals surface area (Å²) in [4.78, 5) is 22.4. The molecular weight excluding hydrogens is 408 g/mol. The van der Waals surface area contributed by atoms with Gasteiger partial charge in [0, 0.05) is 23.4 Å². The highest BCUT2D eigenvalue weighted by atomic mass is 32.2. The van der Waals surface area contributed by atoms with Crippen molar-refractivity contribution in [2.45, 2.75) is 5.03 Å². The average molecular weight is 426 g/mol. The molecule has 30 heavy (non-hydrogen) atoms. The summed E-state index contributed by atoms with van der Waals surface area (Å²) >= 11 is 1.21. The summed E-state index contributed by atoms with van der Waals surface area (Å²) in [5.41, 5.74) is 1.75. The summed E-state index contributed by atoms with van der Waals surface area (Å²) in [6, 6.07) is 14.8. The Bertz CT molecular complexity index is 1060. The van der Waals surface area contributed by atoms with Gasteiger partial charge in [-0.2, -0.15) is 0 Å². The summed E-state index contributed by atoms with van der Waals surface area (Å²) in [6.07, 6.45) is 0. The van der Waals surface area contributed by atoms with Crippen LogP contribution in [0.2, 0.25) is 0 Å². The second kappa shape index (κ2) is 9.70. The highest BCUT2D eigenvalue weighted by Gasteiger charge is 2.11. The first-order valence-corrected chi connectivity index (χ1v) is 9.72. The highest BCUT2D eigenvalue weighted by Crippen LogP contribution is 2.31. The maximum absolute atomic E-state index is 12.1. The monoisotopic (exact) mass is 426 g/mol. The Hall–Kier alpha value is -3.66. The first-order valence-electron chi connectivity index (χ1n) is 8.73. The van der Waals surface area contributed by atoms with Gasteiger partial charge in [-0.05, 0) is 36.4 Å². The van der Waals surface area contributed by atoms with Crippen LogP contribution in [-0.2, 0) is 4.79 Å². The number of thioether (sulfide) groups is 1. The number of rotatable bonds is 8. The normalized spacial score (nSPS) is 10.3. The van der Waals surface area contributed by atoms with Crippen molar-refractivity contribution in [2.24, 2.45) is 0 Å². The minimum atomic E-state index is -0.514. The third-order valence-electron chi connectivity index (χ3n) is 4.01. The van der Waals surface area contributed by atoms with Gasteiger partial charge in [0.2, 0.25) is 5.91 Å². The second-order valence-electron chi connectivity index (χ2n) is 5.97. The number of amides is 1. The predicted molar refractivity (Wildman–Crippen MR) is 113 cm³/mol. The molecule has 0 atom stereocenters. The maximum atomic E-state index is 12.1. The fraction of sp³-hybridized carbons (Fsp3) is 0.150. The van der Waals surface area contributed by atoms with E-state index in [1.54, 1.807) is 38.5 Å². The number of hydrogen-bond acceptors (Lipinski definition) is 8. The van der Waals surface area contributed by atoms with E-state index in [1.807, 2.05) is 12.1 Å². The van der Waals surface area contributed by atoms with E-state index in [0.717, 1.165) is 5.56 Å². The zero-order valence-electron chi connectivity index (χ0n) is 16.2. The molecule has 2 aromatic carbocycles. The van der Waals surface area contributed by atoms with Gasteiger partial charge in [-0.1, -0.05) is 17.8 Å². The van der Waals surface area contributed by atoms with E-state index in [0.29, 0.717) is 27.9 Å². The molecule has 1 N–H and O–H groups in total. The third kappa shape index (κ3) is 5.23. The lowest BCUT2D eigenvalue weighted by Gasteiger charge is -2.09. The largest absolute Gasteiger partial charge is 0.493 e. The Morgan fingerprint density at radius 3 is 2.53 bits per heavy atom. The van der Waals surface area contributed by atoms with Gasteiger partial charge in [0.1, 0.15) is 5.03 Å². The molecule has 1 amide bonds. The first kappa shape index (κ1) is 21.1. The number of nitrogens with zero attached hydrogens (tertiary/aromatic N) is 3. The number of ether oxygens (including phenoxy) is 2. The van der Waals surface area contributed by atoms with Crippen LogP contribution in [0.5, 0.6) is 11.5 Å². The molecule has 0 unspecified atom stereocenters. The van der Waals surface area contributed by atoms with Crippen molar-refractivity contribution in [1.82, 2.24) is 10.2 Å². The van der Waals surface area contributed by atoms with Crippen LogP contribution in [0.25, 0.3) is 11.3 Å². The molecule has 0 radical (unpaired) electrons. The molecule has 0 spiro atoms. The van der Waals surface area contributed by atoms with Crippen LogP contribution in [0, 0.1) is 10.1 Å². The zero-order chi connectivity index (χ0) is 21.5. The van der Waals surface area contributed by atoms with Crippen LogP contribution in [0.1, 0.15) is 0 Å². The van der Waals surface area contributed by atoms with Gasteiger partial charge in [-0.15, -0.1) is 10.2 Å². The smallest absolute Gasteiger partial charge is 0.271 e. The van der Waals surface area contributed by atoms with Crippen LogP contribution in [0.3, 0.4) is 0 Å². The number of benzene rings is 2. The predicted octanol–water partition coefficient (Wildman–Crippen LogP) is 3.80. The van der Waals surface area contributed by atoms with Gasteiger partial charge in [-0.3, -0.25) is 14.9 Å². The molecule has 1 aromatic heterocycles. The summed E-state index contributed by atoms with van der Waals surface area (Å²) in [7, 11) is 3.13. The SMILES string of the molecule is COc1ccc(-c2ccc(SCC(=O)Nc3cccc([N+](=O)[O-])c3)nn2)cc1OC. The van der Waals surface area contributed by atoms with E-state index in [2.05, 4.69) is 15.5 Å². The van der Waals surface area contributed by atoms with Crippen LogP contribution >= 0.6 is 11.8 Å². The topological polar surface area (TPSA) is 116 Å². The Morgan fingerprint density at radius 2 is 1.87 bits per heavy atom. The molecule has 0 aliphatic heterocycles. The molecular formula is C20H18N4O5S. The average Bonchev–Trinajstić information content (AvgIpc) is 2.77. The summed E-state index contributed by atoms with van der Waals surface area (Å²) < 4.78 is 10.5. The van der Waals surface area contributed by atoms with Crippen molar-refractivity contribution in [3.63, 3.8) is 0 Å². The number of aromatic nitrogens is 2. The summed E-state index contributed by atoms with van der Waals surface area (Å²) in [6.45, 7) is 0. The molecule has 0 fully saturated rings. The Labute approximate surface area is 176 Å². The number of nitro benzene ring substituents is 1. The number of non-ortho nitro benzene ring substituents is 1. The van der Waals surface area contributed by atoms with Crippen molar-refractivity contribution >= 4 is 29.0 Å². The number of carbonyl (C=O) groups excluding carboxylic acids is 1. The van der Waals surface area contributed by atoms with Crippen LogP contribution in [0.15, 0.2) is 59.6 Å². The van der Waals surface area contributed by atoms with E-state index in [1.165, 1.54) is 30.0 Å². The minimum absolute atomic E-state index is 0.0860. The van der Waals surface area contributed by atoms with Crippen LogP contribution in [-0.4, -0.2) is 41.0 Å². The van der Waals surface area contributed by atoms with E-state index in [4.69, 9.17) is 9.47 Å². The first-order chi connectivity index (χ1) is 14.5. The number of nitro groups is 1. The van der Waals surface area contributed by atoms with Crippen molar-refractivity contribution in [2.75, 3.05) is 25.3 Å². The van der Waals surface area contributed by atoms with Crippen LogP contribution < -0.4 is 14.8 Å². The van der Waals surface area contributed by atoms with Crippen molar-refractivity contribution in [3.8, 4) is 22.8 Å². The highest BCUT2D eigenvalue weighted by molar-refractivity contribution is 7.99. The Kier molecular flexibility index (Phi) is 6.81. The molecule has 0 aliphatic rings. The standard InChI is InChI=1S/C20H18N4O5S/c1-28-17-8-6-13(10-18(17)29-2)16-7-9-20(23-22-16)30-12-19(25)21-14-4-3-5-15(11-14)24(26)27/h3-11H,12H2,1-2H3,(H,21,25). The molecule has 0 saturated carbocycles. The van der Waals surface area contributed by atoms with Gasteiger partial charge < -0.3 is 14.8 Å². The van der Waals surface area contributed by atoms with E-state index in [-0.39, 0.29) is 17.3 Å². The maximum Gasteiger partial charge on any atom is 0.271 e. The van der Waals surface area contributed by atoms with E-state index < -0.39 is 4.92 Å². The fourth-order valence-corrected chi connectivity index (χ4v) is 3.19. The quantitative estimate of drug-likeness (QED) is 0.328. The molecule has 3 rings (SSSR count). The molecule has 3 aromatic rings. The molecule has 0 saturated heterocycles. The van der Waals surface area contributed by atoms with Gasteiger partial charge in [0.05, 0.1) is 30.6 Å². The van der Waals surface area contributed by atoms with Crippen molar-refractivity contribution in [3.05, 3.63) is 64.7 Å². The lowest BCUT2D eigenvalue weighted by molar-refractivity contribution is -0.384. The third-order valence-corrected chi connectivity index (χ3v) is 4.93. The Morgan fingerprint density at radius 1 is 1.07 bits per heavy atom. The van der Waals surface area contributed by atoms with Gasteiger partial charge in [0.15, 0.2) is 11.5 Å². The zero-order valence-corrected chi connectivity index (χ0v) is 17.0. The van der Waals surface area contributed by atoms with E-state index in [9.17, 15) is 14.9 Å². The number of anilines is 1. The minimum Gasteiger partial charge on any atom is -0.493 e. The molecule has 154 valence electrons. The lowest BCUT2D eigenvalue weighted by atomic mass is 10.1. The van der Waals surface area contributed by atoms with Gasteiger partial charge in [0.25, 0.3) is 5.69 Å². The Balaban J connectivity index is 1.60. The summed E-state index contributed by atoms with van der Waals surface area (Å²) in [5.74, 6) is 1.00. The van der Waals surface area contributed by atoms with Crippen molar-refractivity contribution < 1.29 is 19.2 Å². The van der Waals surface area contributed by atoms with Crippen LogP contribution in [0.4, 0.5) is 11.4 Å². The molecule has 0 bridgehead atoms. The number of methoxy groups -OCH3 is 2. The lowest BCUT2D eigenvalue weighted by Crippen LogP contribution is -2.14. The molecule has 9 nitrogen and oxygen atoms in total. The van der Waals surface area contributed by atoms with Gasteiger partial charge >= 0.3 is 0 Å². The molecule has 1 heterocycles. The summed E-state index contributed by atoms with van der Waals surface area (Å²) in [5, 5.41) is 22.4. The van der Waals surface area contributed by atoms with Gasteiger partial charge in [-0.25, -0.2) is 0 Å². The molecule has 0 aliphatic carbocycles. The number of nitrogens with one attached hydrogen (secondary N) is 1. The second-order valence-corrected chi connectivity index (χ2v) is 6.97. The fourth-order valence-electron chi connectivity index (χ4n) is 2.58. The van der Waals surface area contributed by atoms with Crippen molar-refractivity contribution in [1.29, 1.82) is 0 Å². The number of carbonyl (C=O) groups is 1. The molecule has 10 heteroatoms.